The molecule has 43 heavy (non-hydrogen) atoms. The molecule has 5 heteroatoms. The van der Waals surface area contributed by atoms with Crippen molar-refractivity contribution in [3.8, 4) is 16.8 Å². The average molecular weight is 582 g/mol. The zero-order valence-corrected chi connectivity index (χ0v) is 24.3. The number of aromatic nitrogens is 1. The van der Waals surface area contributed by atoms with E-state index < -0.39 is 0 Å². The molecule has 0 radical (unpaired) electrons. The minimum Gasteiger partial charge on any atom is -0.310 e. The first kappa shape index (κ1) is 24.2. The fourth-order valence-electron chi connectivity index (χ4n) is 6.57. The van der Waals surface area contributed by atoms with Gasteiger partial charge in [-0.2, -0.15) is 0 Å². The quantitative estimate of drug-likeness (QED) is 0.180. The van der Waals surface area contributed by atoms with Gasteiger partial charge in [-0.15, -0.1) is 22.7 Å². The monoisotopic (exact) mass is 581 g/mol. The standard InChI is InChI=1S/C38H19N3S2/c1-39-23-15-19-35-29(21-23)27-17-16-26-28-20-22(14-18-34(28)42-37(26)38(27)43-35)36-30(40-2)10-7-13-33(36)41-31-11-5-3-8-24(31)25-9-4-6-12-32(25)41/h3-21H. The molecule has 9 rings (SSSR count). The Morgan fingerprint density at radius 1 is 0.512 bits per heavy atom. The summed E-state index contributed by atoms with van der Waals surface area (Å²) in [5.74, 6) is 0. The maximum Gasteiger partial charge on any atom is 0.196 e. The Labute approximate surface area is 254 Å². The van der Waals surface area contributed by atoms with Crippen LogP contribution in [0.4, 0.5) is 11.4 Å². The van der Waals surface area contributed by atoms with Crippen LogP contribution in [0, 0.1) is 13.1 Å². The molecule has 0 amide bonds. The van der Waals surface area contributed by atoms with Crippen molar-refractivity contribution in [1.29, 1.82) is 0 Å². The maximum atomic E-state index is 8.12. The van der Waals surface area contributed by atoms with E-state index in [2.05, 4.69) is 105 Å². The van der Waals surface area contributed by atoms with E-state index >= 15 is 0 Å². The van der Waals surface area contributed by atoms with Crippen molar-refractivity contribution in [3.63, 3.8) is 0 Å². The van der Waals surface area contributed by atoms with E-state index in [0.29, 0.717) is 11.4 Å². The molecule has 0 aliphatic heterocycles. The van der Waals surface area contributed by atoms with Crippen LogP contribution < -0.4 is 0 Å². The summed E-state index contributed by atoms with van der Waals surface area (Å²) >= 11 is 3.62. The van der Waals surface area contributed by atoms with E-state index in [1.165, 1.54) is 45.7 Å². The molecule has 0 aliphatic carbocycles. The Morgan fingerprint density at radius 2 is 1.14 bits per heavy atom. The summed E-state index contributed by atoms with van der Waals surface area (Å²) in [6.45, 7) is 15.6. The van der Waals surface area contributed by atoms with Gasteiger partial charge in [0.1, 0.15) is 0 Å². The molecule has 3 heterocycles. The minimum absolute atomic E-state index is 0.640. The van der Waals surface area contributed by atoms with E-state index in [0.717, 1.165) is 33.2 Å². The van der Waals surface area contributed by atoms with Gasteiger partial charge in [-0.3, -0.25) is 0 Å². The number of para-hydroxylation sites is 2. The molecule has 0 unspecified atom stereocenters. The van der Waals surface area contributed by atoms with Crippen molar-refractivity contribution in [2.75, 3.05) is 0 Å². The number of hydrogen-bond donors (Lipinski definition) is 0. The van der Waals surface area contributed by atoms with Crippen LogP contribution in [0.2, 0.25) is 0 Å². The van der Waals surface area contributed by atoms with Gasteiger partial charge in [0.2, 0.25) is 0 Å². The van der Waals surface area contributed by atoms with Crippen LogP contribution >= 0.6 is 22.7 Å². The normalized spacial score (nSPS) is 11.7. The molecule has 6 aromatic carbocycles. The highest BCUT2D eigenvalue weighted by Gasteiger charge is 2.19. The predicted molar refractivity (Wildman–Crippen MR) is 185 cm³/mol. The van der Waals surface area contributed by atoms with Crippen LogP contribution in [-0.2, 0) is 0 Å². The lowest BCUT2D eigenvalue weighted by Crippen LogP contribution is -1.97. The zero-order chi connectivity index (χ0) is 28.7. The highest BCUT2D eigenvalue weighted by atomic mass is 32.1. The molecule has 0 saturated carbocycles. The first-order valence-electron chi connectivity index (χ1n) is 13.9. The van der Waals surface area contributed by atoms with E-state index in [1.807, 2.05) is 35.6 Å². The van der Waals surface area contributed by atoms with Gasteiger partial charge in [0.25, 0.3) is 0 Å². The van der Waals surface area contributed by atoms with Crippen molar-refractivity contribution in [1.82, 2.24) is 4.57 Å². The van der Waals surface area contributed by atoms with Gasteiger partial charge in [-0.1, -0.05) is 78.9 Å². The third-order valence-electron chi connectivity index (χ3n) is 8.44. The molecule has 0 N–H and O–H groups in total. The summed E-state index contributed by atoms with van der Waals surface area (Å²) in [5, 5.41) is 7.18. The van der Waals surface area contributed by atoms with Crippen LogP contribution in [-0.4, -0.2) is 4.57 Å². The Bertz CT molecular complexity index is 2650. The highest BCUT2D eigenvalue weighted by molar-refractivity contribution is 7.33. The van der Waals surface area contributed by atoms with E-state index in [9.17, 15) is 0 Å². The van der Waals surface area contributed by atoms with Crippen LogP contribution in [0.1, 0.15) is 0 Å². The second-order valence-corrected chi connectivity index (χ2v) is 12.8. The van der Waals surface area contributed by atoms with Crippen molar-refractivity contribution in [2.45, 2.75) is 0 Å². The van der Waals surface area contributed by atoms with Crippen molar-refractivity contribution in [3.05, 3.63) is 138 Å². The number of thiophene rings is 2. The molecule has 3 nitrogen and oxygen atoms in total. The second kappa shape index (κ2) is 9.02. The first-order valence-corrected chi connectivity index (χ1v) is 15.6. The molecule has 0 atom stereocenters. The van der Waals surface area contributed by atoms with Crippen molar-refractivity contribution in [2.24, 2.45) is 0 Å². The van der Waals surface area contributed by atoms with Gasteiger partial charge < -0.3 is 4.57 Å². The minimum atomic E-state index is 0.640. The molecule has 0 fully saturated rings. The van der Waals surface area contributed by atoms with Crippen molar-refractivity contribution < 1.29 is 0 Å². The lowest BCUT2D eigenvalue weighted by Gasteiger charge is -2.16. The number of fused-ring (bicyclic) bond motifs is 10. The van der Waals surface area contributed by atoms with E-state index in [4.69, 9.17) is 13.1 Å². The Balaban J connectivity index is 1.32. The van der Waals surface area contributed by atoms with Crippen LogP contribution in [0.3, 0.4) is 0 Å². The summed E-state index contributed by atoms with van der Waals surface area (Å²) in [6, 6.07) is 40.1. The molecule has 0 aliphatic rings. The fraction of sp³-hybridized carbons (Fsp3) is 0. The number of hydrogen-bond acceptors (Lipinski definition) is 2. The van der Waals surface area contributed by atoms with Gasteiger partial charge in [0.05, 0.1) is 33.6 Å². The maximum absolute atomic E-state index is 8.12. The highest BCUT2D eigenvalue weighted by Crippen LogP contribution is 2.47. The summed E-state index contributed by atoms with van der Waals surface area (Å²) < 4.78 is 7.28. The zero-order valence-electron chi connectivity index (χ0n) is 22.6. The number of rotatable bonds is 2. The molecular formula is C38H19N3S2. The van der Waals surface area contributed by atoms with Crippen LogP contribution in [0.15, 0.2) is 115 Å². The van der Waals surface area contributed by atoms with Crippen molar-refractivity contribution >= 4 is 96.2 Å². The Hall–Kier alpha value is -5.46. The number of benzene rings is 6. The molecule has 0 spiro atoms. The summed E-state index contributed by atoms with van der Waals surface area (Å²) in [4.78, 5) is 7.66. The molecule has 198 valence electrons. The largest absolute Gasteiger partial charge is 0.310 e. The topological polar surface area (TPSA) is 13.7 Å². The number of nitrogens with zero attached hydrogens (tertiary/aromatic N) is 3. The lowest BCUT2D eigenvalue weighted by atomic mass is 9.98. The van der Waals surface area contributed by atoms with E-state index in [-0.39, 0.29) is 0 Å². The first-order chi connectivity index (χ1) is 21.2. The molecule has 9 aromatic rings. The van der Waals surface area contributed by atoms with Gasteiger partial charge in [0, 0.05) is 47.6 Å². The van der Waals surface area contributed by atoms with Gasteiger partial charge in [-0.05, 0) is 47.3 Å². The Kier molecular flexibility index (Phi) is 5.07. The fourth-order valence-corrected chi connectivity index (χ4v) is 9.07. The van der Waals surface area contributed by atoms with Crippen LogP contribution in [0.25, 0.3) is 88.7 Å². The molecule has 0 bridgehead atoms. The lowest BCUT2D eigenvalue weighted by molar-refractivity contribution is 1.18. The van der Waals surface area contributed by atoms with E-state index in [1.54, 1.807) is 11.3 Å². The third-order valence-corrected chi connectivity index (χ3v) is 11.0. The summed E-state index contributed by atoms with van der Waals surface area (Å²) in [6.07, 6.45) is 0. The average Bonchev–Trinajstić information content (AvgIpc) is 3.73. The molecule has 0 saturated heterocycles. The Morgan fingerprint density at radius 3 is 1.79 bits per heavy atom. The SMILES string of the molecule is [C-]#[N+]c1ccc2sc3c(ccc4c5cc(-c6c([N+]#[C-])cccc6-n6c7ccccc7c7ccccc76)ccc5sc43)c2c1. The van der Waals surface area contributed by atoms with Gasteiger partial charge in [-0.25, -0.2) is 9.69 Å². The van der Waals surface area contributed by atoms with Gasteiger partial charge >= 0.3 is 0 Å². The molecular weight excluding hydrogens is 563 g/mol. The smallest absolute Gasteiger partial charge is 0.196 e. The molecule has 3 aromatic heterocycles. The van der Waals surface area contributed by atoms with Crippen LogP contribution in [0.5, 0.6) is 0 Å². The summed E-state index contributed by atoms with van der Waals surface area (Å²) in [7, 11) is 0. The second-order valence-electron chi connectivity index (χ2n) is 10.7. The summed E-state index contributed by atoms with van der Waals surface area (Å²) in [5.41, 5.74) is 6.55. The van der Waals surface area contributed by atoms with Gasteiger partial charge in [0.15, 0.2) is 11.4 Å². The predicted octanol–water partition coefficient (Wildman–Crippen LogP) is 12.3. The third kappa shape index (κ3) is 3.38.